The fourth-order valence-corrected chi connectivity index (χ4v) is 2.24. The summed E-state index contributed by atoms with van der Waals surface area (Å²) in [6, 6.07) is 0. The first-order chi connectivity index (χ1) is 9.65. The number of esters is 1. The molecule has 0 unspecified atom stereocenters. The van der Waals surface area contributed by atoms with Crippen molar-refractivity contribution in [1.82, 2.24) is 4.98 Å². The standard InChI is InChI=1S/C11H9F5INO3/c1-2-20-7(19)3-5-9(17)8(10(12)13)6(4-18-5)21-11(14,15)16/h4,10H,2-3H2,1H3. The van der Waals surface area contributed by atoms with Gasteiger partial charge >= 0.3 is 12.3 Å². The first kappa shape index (κ1) is 17.9. The highest BCUT2D eigenvalue weighted by atomic mass is 127. The van der Waals surface area contributed by atoms with Crippen LogP contribution < -0.4 is 4.74 Å². The lowest BCUT2D eigenvalue weighted by Gasteiger charge is -2.15. The van der Waals surface area contributed by atoms with Crippen molar-refractivity contribution in [2.75, 3.05) is 6.61 Å². The fraction of sp³-hybridized carbons (Fsp3) is 0.455. The van der Waals surface area contributed by atoms with E-state index in [0.29, 0.717) is 6.20 Å². The molecule has 0 N–H and O–H groups in total. The van der Waals surface area contributed by atoms with Gasteiger partial charge in [0.1, 0.15) is 0 Å². The third-order valence-electron chi connectivity index (χ3n) is 2.15. The highest BCUT2D eigenvalue weighted by molar-refractivity contribution is 14.1. The molecule has 0 radical (unpaired) electrons. The third-order valence-corrected chi connectivity index (χ3v) is 3.36. The van der Waals surface area contributed by atoms with E-state index < -0.39 is 36.5 Å². The fourth-order valence-electron chi connectivity index (χ4n) is 1.41. The van der Waals surface area contributed by atoms with E-state index in [-0.39, 0.29) is 15.9 Å². The summed E-state index contributed by atoms with van der Waals surface area (Å²) >= 11 is 1.40. The summed E-state index contributed by atoms with van der Waals surface area (Å²) in [6.45, 7) is 1.65. The van der Waals surface area contributed by atoms with E-state index in [9.17, 15) is 26.7 Å². The molecule has 1 aromatic rings. The van der Waals surface area contributed by atoms with Gasteiger partial charge in [0, 0.05) is 3.57 Å². The summed E-state index contributed by atoms with van der Waals surface area (Å²) in [7, 11) is 0. The molecular formula is C11H9F5INO3. The Morgan fingerprint density at radius 1 is 1.43 bits per heavy atom. The van der Waals surface area contributed by atoms with Crippen molar-refractivity contribution in [2.45, 2.75) is 26.1 Å². The summed E-state index contributed by atoms with van der Waals surface area (Å²) in [5, 5.41) is 0. The average molecular weight is 425 g/mol. The van der Waals surface area contributed by atoms with Crippen molar-refractivity contribution in [3.05, 3.63) is 21.0 Å². The number of ether oxygens (including phenoxy) is 2. The maximum atomic E-state index is 12.9. The molecule has 0 aliphatic rings. The molecule has 1 aromatic heterocycles. The number of alkyl halides is 5. The Kier molecular flexibility index (Phi) is 6.10. The van der Waals surface area contributed by atoms with E-state index in [0.717, 1.165) is 0 Å². The van der Waals surface area contributed by atoms with Gasteiger partial charge in [0.05, 0.1) is 30.5 Å². The van der Waals surface area contributed by atoms with Crippen LogP contribution in [0.25, 0.3) is 0 Å². The van der Waals surface area contributed by atoms with Crippen LogP contribution in [0.2, 0.25) is 0 Å². The van der Waals surface area contributed by atoms with E-state index >= 15 is 0 Å². The molecular weight excluding hydrogens is 416 g/mol. The van der Waals surface area contributed by atoms with Crippen LogP contribution in [0, 0.1) is 3.57 Å². The van der Waals surface area contributed by atoms with Gasteiger partial charge in [-0.25, -0.2) is 8.78 Å². The summed E-state index contributed by atoms with van der Waals surface area (Å²) in [4.78, 5) is 14.9. The topological polar surface area (TPSA) is 48.4 Å². The Labute approximate surface area is 129 Å². The van der Waals surface area contributed by atoms with Gasteiger partial charge < -0.3 is 9.47 Å². The first-order valence-electron chi connectivity index (χ1n) is 5.52. The Balaban J connectivity index is 3.16. The normalized spacial score (nSPS) is 11.6. The molecule has 1 rings (SSSR count). The van der Waals surface area contributed by atoms with Crippen LogP contribution in [0.4, 0.5) is 22.0 Å². The van der Waals surface area contributed by atoms with Crippen molar-refractivity contribution in [2.24, 2.45) is 0 Å². The highest BCUT2D eigenvalue weighted by Gasteiger charge is 2.34. The smallest absolute Gasteiger partial charge is 0.466 e. The molecule has 0 amide bonds. The first-order valence-corrected chi connectivity index (χ1v) is 6.60. The second kappa shape index (κ2) is 7.18. The monoisotopic (exact) mass is 425 g/mol. The van der Waals surface area contributed by atoms with Crippen molar-refractivity contribution in [3.63, 3.8) is 0 Å². The van der Waals surface area contributed by atoms with Crippen LogP contribution in [0.3, 0.4) is 0 Å². The van der Waals surface area contributed by atoms with E-state index in [1.165, 1.54) is 22.6 Å². The molecule has 0 saturated heterocycles. The molecule has 21 heavy (non-hydrogen) atoms. The zero-order chi connectivity index (χ0) is 16.2. The molecule has 118 valence electrons. The molecule has 0 aromatic carbocycles. The molecule has 0 saturated carbocycles. The summed E-state index contributed by atoms with van der Waals surface area (Å²) in [6.07, 6.45) is -8.22. The summed E-state index contributed by atoms with van der Waals surface area (Å²) in [5.41, 5.74) is -1.05. The lowest BCUT2D eigenvalue weighted by Crippen LogP contribution is -2.20. The van der Waals surface area contributed by atoms with Crippen LogP contribution in [0.1, 0.15) is 24.6 Å². The maximum absolute atomic E-state index is 12.9. The number of hydrogen-bond acceptors (Lipinski definition) is 4. The summed E-state index contributed by atoms with van der Waals surface area (Å²) < 4.78 is 70.2. The largest absolute Gasteiger partial charge is 0.573 e. The number of carbonyl (C=O) groups is 1. The van der Waals surface area contributed by atoms with E-state index in [2.05, 4.69) is 14.5 Å². The van der Waals surface area contributed by atoms with Crippen LogP contribution in [-0.4, -0.2) is 23.9 Å². The third kappa shape index (κ3) is 5.25. The minimum absolute atomic E-state index is 0.0897. The molecule has 1 heterocycles. The molecule has 10 heteroatoms. The van der Waals surface area contributed by atoms with Crippen LogP contribution in [-0.2, 0) is 16.0 Å². The number of halogens is 6. The zero-order valence-corrected chi connectivity index (χ0v) is 12.7. The molecule has 0 spiro atoms. The number of pyridine rings is 1. The Morgan fingerprint density at radius 3 is 2.52 bits per heavy atom. The molecule has 0 aliphatic carbocycles. The Morgan fingerprint density at radius 2 is 2.05 bits per heavy atom. The second-order valence-corrected chi connectivity index (χ2v) is 4.71. The SMILES string of the molecule is CCOC(=O)Cc1ncc(OC(F)(F)F)c(C(F)F)c1I. The van der Waals surface area contributed by atoms with E-state index in [4.69, 9.17) is 0 Å². The second-order valence-electron chi connectivity index (χ2n) is 3.63. The number of carbonyl (C=O) groups excluding carboxylic acids is 1. The molecule has 0 atom stereocenters. The van der Waals surface area contributed by atoms with Gasteiger partial charge in [0.25, 0.3) is 6.43 Å². The van der Waals surface area contributed by atoms with Gasteiger partial charge in [-0.1, -0.05) is 0 Å². The molecule has 0 aliphatic heterocycles. The van der Waals surface area contributed by atoms with Crippen molar-refractivity contribution >= 4 is 28.6 Å². The molecule has 0 bridgehead atoms. The predicted octanol–water partition coefficient (Wildman–Crippen LogP) is 3.63. The van der Waals surface area contributed by atoms with Gasteiger partial charge in [-0.2, -0.15) is 0 Å². The lowest BCUT2D eigenvalue weighted by molar-refractivity contribution is -0.275. The minimum atomic E-state index is -5.11. The zero-order valence-electron chi connectivity index (χ0n) is 10.5. The van der Waals surface area contributed by atoms with Gasteiger partial charge in [-0.05, 0) is 29.5 Å². The average Bonchev–Trinajstić information content (AvgIpc) is 2.30. The van der Waals surface area contributed by atoms with Gasteiger partial charge in [0.2, 0.25) is 0 Å². The Bertz CT molecular complexity index is 521. The van der Waals surface area contributed by atoms with Crippen LogP contribution in [0.15, 0.2) is 6.20 Å². The van der Waals surface area contributed by atoms with E-state index in [1.807, 2.05) is 0 Å². The number of hydrogen-bond donors (Lipinski definition) is 0. The van der Waals surface area contributed by atoms with E-state index in [1.54, 1.807) is 6.92 Å². The number of rotatable bonds is 5. The summed E-state index contributed by atoms with van der Waals surface area (Å²) in [5.74, 6) is -1.80. The minimum Gasteiger partial charge on any atom is -0.466 e. The van der Waals surface area contributed by atoms with Crippen LogP contribution >= 0.6 is 22.6 Å². The van der Waals surface area contributed by atoms with Crippen molar-refractivity contribution in [1.29, 1.82) is 0 Å². The lowest BCUT2D eigenvalue weighted by atomic mass is 10.2. The van der Waals surface area contributed by atoms with Crippen molar-refractivity contribution < 1.29 is 36.2 Å². The van der Waals surface area contributed by atoms with Crippen LogP contribution in [0.5, 0.6) is 5.75 Å². The number of aromatic nitrogens is 1. The predicted molar refractivity (Wildman–Crippen MR) is 68.9 cm³/mol. The molecule has 0 fully saturated rings. The van der Waals surface area contributed by atoms with Gasteiger partial charge in [0.15, 0.2) is 5.75 Å². The Hall–Kier alpha value is -1.20. The highest BCUT2D eigenvalue weighted by Crippen LogP contribution is 2.36. The quantitative estimate of drug-likeness (QED) is 0.411. The van der Waals surface area contributed by atoms with Gasteiger partial charge in [-0.3, -0.25) is 9.78 Å². The molecule has 4 nitrogen and oxygen atoms in total. The maximum Gasteiger partial charge on any atom is 0.573 e. The van der Waals surface area contributed by atoms with Crippen molar-refractivity contribution in [3.8, 4) is 5.75 Å². The van der Waals surface area contributed by atoms with Gasteiger partial charge in [-0.15, -0.1) is 13.2 Å². The number of nitrogens with zero attached hydrogens (tertiary/aromatic N) is 1.